The van der Waals surface area contributed by atoms with Gasteiger partial charge in [-0.3, -0.25) is 19.5 Å². The number of carboxylic acids is 1. The molecule has 1 aromatic heterocycles. The smallest absolute Gasteiger partial charge is 0.320 e. The molecule has 0 aliphatic heterocycles. The van der Waals surface area contributed by atoms with Gasteiger partial charge in [-0.15, -0.1) is 0 Å². The zero-order chi connectivity index (χ0) is 17.7. The van der Waals surface area contributed by atoms with Crippen LogP contribution in [-0.2, 0) is 16.1 Å². The second kappa shape index (κ2) is 8.21. The molecule has 0 radical (unpaired) electrons. The minimum atomic E-state index is -0.891. The molecule has 1 atom stereocenters. The molecule has 0 saturated carbocycles. The van der Waals surface area contributed by atoms with E-state index in [4.69, 9.17) is 0 Å². The SMILES string of the molecule is CC(=O)NCCN(Cc1ccnc2c(Br)cccc12)C(C)C(=O)O. The van der Waals surface area contributed by atoms with E-state index in [1.807, 2.05) is 29.2 Å². The summed E-state index contributed by atoms with van der Waals surface area (Å²) < 4.78 is 0.901. The summed E-state index contributed by atoms with van der Waals surface area (Å²) in [5.74, 6) is -1.02. The number of hydrogen-bond acceptors (Lipinski definition) is 4. The molecule has 2 rings (SSSR count). The molecule has 0 saturated heterocycles. The van der Waals surface area contributed by atoms with Gasteiger partial charge in [-0.2, -0.15) is 0 Å². The molecule has 128 valence electrons. The fourth-order valence-corrected chi connectivity index (χ4v) is 2.96. The van der Waals surface area contributed by atoms with Crippen molar-refractivity contribution in [2.75, 3.05) is 13.1 Å². The van der Waals surface area contributed by atoms with E-state index < -0.39 is 12.0 Å². The van der Waals surface area contributed by atoms with E-state index in [1.165, 1.54) is 6.92 Å². The van der Waals surface area contributed by atoms with Crippen LogP contribution in [0.3, 0.4) is 0 Å². The summed E-state index contributed by atoms with van der Waals surface area (Å²) >= 11 is 3.49. The third kappa shape index (κ3) is 4.52. The van der Waals surface area contributed by atoms with Gasteiger partial charge < -0.3 is 10.4 Å². The van der Waals surface area contributed by atoms with Gasteiger partial charge in [-0.25, -0.2) is 0 Å². The monoisotopic (exact) mass is 393 g/mol. The van der Waals surface area contributed by atoms with Crippen LogP contribution >= 0.6 is 15.9 Å². The van der Waals surface area contributed by atoms with Crippen molar-refractivity contribution in [1.82, 2.24) is 15.2 Å². The number of benzene rings is 1. The van der Waals surface area contributed by atoms with Gasteiger partial charge in [0.25, 0.3) is 0 Å². The minimum Gasteiger partial charge on any atom is -0.480 e. The maximum Gasteiger partial charge on any atom is 0.320 e. The lowest BCUT2D eigenvalue weighted by molar-refractivity contribution is -0.142. The molecule has 1 unspecified atom stereocenters. The summed E-state index contributed by atoms with van der Waals surface area (Å²) in [5.41, 5.74) is 1.84. The number of para-hydroxylation sites is 1. The quantitative estimate of drug-likeness (QED) is 0.754. The number of nitrogens with one attached hydrogen (secondary N) is 1. The molecule has 0 spiro atoms. The number of fused-ring (bicyclic) bond motifs is 1. The molecule has 0 bridgehead atoms. The number of carbonyl (C=O) groups is 2. The summed E-state index contributed by atoms with van der Waals surface area (Å²) in [6, 6.07) is 7.07. The number of rotatable bonds is 7. The van der Waals surface area contributed by atoms with Crippen molar-refractivity contribution in [3.8, 4) is 0 Å². The predicted molar refractivity (Wildman–Crippen MR) is 95.6 cm³/mol. The third-order valence-corrected chi connectivity index (χ3v) is 4.50. The fraction of sp³-hybridized carbons (Fsp3) is 0.353. The van der Waals surface area contributed by atoms with Gasteiger partial charge in [0.2, 0.25) is 5.91 Å². The number of nitrogens with zero attached hydrogens (tertiary/aromatic N) is 2. The highest BCUT2D eigenvalue weighted by Crippen LogP contribution is 2.25. The first-order valence-electron chi connectivity index (χ1n) is 7.63. The van der Waals surface area contributed by atoms with E-state index in [0.717, 1.165) is 20.9 Å². The van der Waals surface area contributed by atoms with E-state index in [0.29, 0.717) is 19.6 Å². The predicted octanol–water partition coefficient (Wildman–Crippen LogP) is 2.41. The molecule has 0 aliphatic carbocycles. The van der Waals surface area contributed by atoms with Crippen molar-refractivity contribution in [3.05, 3.63) is 40.5 Å². The molecule has 6 nitrogen and oxygen atoms in total. The largest absolute Gasteiger partial charge is 0.480 e. The van der Waals surface area contributed by atoms with Gasteiger partial charge in [0.1, 0.15) is 6.04 Å². The molecule has 1 heterocycles. The van der Waals surface area contributed by atoms with Crippen LogP contribution in [0.4, 0.5) is 0 Å². The fourth-order valence-electron chi connectivity index (χ4n) is 2.50. The van der Waals surface area contributed by atoms with Crippen LogP contribution in [0, 0.1) is 0 Å². The van der Waals surface area contributed by atoms with Gasteiger partial charge in [0, 0.05) is 42.6 Å². The van der Waals surface area contributed by atoms with Crippen molar-refractivity contribution in [2.45, 2.75) is 26.4 Å². The Morgan fingerprint density at radius 1 is 1.38 bits per heavy atom. The van der Waals surface area contributed by atoms with Gasteiger partial charge in [0.15, 0.2) is 0 Å². The normalized spacial score (nSPS) is 12.3. The Morgan fingerprint density at radius 2 is 2.12 bits per heavy atom. The molecule has 24 heavy (non-hydrogen) atoms. The van der Waals surface area contributed by atoms with Crippen molar-refractivity contribution >= 4 is 38.7 Å². The Hall–Kier alpha value is -1.99. The van der Waals surface area contributed by atoms with E-state index in [1.54, 1.807) is 13.1 Å². The first kappa shape index (κ1) is 18.4. The maximum absolute atomic E-state index is 11.4. The molecule has 1 amide bonds. The standard InChI is InChI=1S/C17H20BrN3O3/c1-11(17(23)24)21(9-8-19-12(2)22)10-13-6-7-20-16-14(13)4-3-5-15(16)18/h3-7,11H,8-10H2,1-2H3,(H,19,22)(H,23,24). The topological polar surface area (TPSA) is 82.5 Å². The first-order chi connectivity index (χ1) is 11.4. The molecular weight excluding hydrogens is 374 g/mol. The van der Waals surface area contributed by atoms with E-state index >= 15 is 0 Å². The number of aromatic nitrogens is 1. The summed E-state index contributed by atoms with van der Waals surface area (Å²) in [6.45, 7) is 4.40. The number of aliphatic carboxylic acids is 1. The first-order valence-corrected chi connectivity index (χ1v) is 8.43. The zero-order valence-electron chi connectivity index (χ0n) is 13.6. The third-order valence-electron chi connectivity index (χ3n) is 3.86. The highest BCUT2D eigenvalue weighted by Gasteiger charge is 2.21. The number of carboxylic acid groups (broad SMARTS) is 1. The van der Waals surface area contributed by atoms with Crippen LogP contribution in [-0.4, -0.2) is 46.0 Å². The lowest BCUT2D eigenvalue weighted by Crippen LogP contribution is -2.42. The summed E-state index contributed by atoms with van der Waals surface area (Å²) in [5, 5.41) is 13.0. The molecule has 7 heteroatoms. The number of halogens is 1. The van der Waals surface area contributed by atoms with E-state index in [9.17, 15) is 14.7 Å². The Bertz CT molecular complexity index is 751. The summed E-state index contributed by atoms with van der Waals surface area (Å²) in [7, 11) is 0. The Morgan fingerprint density at radius 3 is 2.79 bits per heavy atom. The van der Waals surface area contributed by atoms with Gasteiger partial charge in [-0.1, -0.05) is 12.1 Å². The van der Waals surface area contributed by atoms with Crippen molar-refractivity contribution in [2.24, 2.45) is 0 Å². The van der Waals surface area contributed by atoms with Crippen molar-refractivity contribution in [1.29, 1.82) is 0 Å². The number of hydrogen-bond donors (Lipinski definition) is 2. The van der Waals surface area contributed by atoms with Crippen LogP contribution in [0.1, 0.15) is 19.4 Å². The number of carbonyl (C=O) groups excluding carboxylic acids is 1. The van der Waals surface area contributed by atoms with Crippen LogP contribution in [0.2, 0.25) is 0 Å². The van der Waals surface area contributed by atoms with Crippen molar-refractivity contribution < 1.29 is 14.7 Å². The van der Waals surface area contributed by atoms with E-state index in [2.05, 4.69) is 26.2 Å². The molecule has 2 N–H and O–H groups in total. The highest BCUT2D eigenvalue weighted by atomic mass is 79.9. The van der Waals surface area contributed by atoms with E-state index in [-0.39, 0.29) is 5.91 Å². The average molecular weight is 394 g/mol. The average Bonchev–Trinajstić information content (AvgIpc) is 2.53. The van der Waals surface area contributed by atoms with Crippen molar-refractivity contribution in [3.63, 3.8) is 0 Å². The Balaban J connectivity index is 2.27. The lowest BCUT2D eigenvalue weighted by Gasteiger charge is -2.26. The van der Waals surface area contributed by atoms with Crippen LogP contribution in [0.25, 0.3) is 10.9 Å². The molecule has 0 fully saturated rings. The Labute approximate surface area is 149 Å². The minimum absolute atomic E-state index is 0.129. The van der Waals surface area contributed by atoms with Gasteiger partial charge >= 0.3 is 5.97 Å². The Kier molecular flexibility index (Phi) is 6.28. The molecule has 2 aromatic rings. The zero-order valence-corrected chi connectivity index (χ0v) is 15.2. The van der Waals surface area contributed by atoms with Gasteiger partial charge in [0.05, 0.1) is 5.52 Å². The van der Waals surface area contributed by atoms with Crippen LogP contribution in [0.5, 0.6) is 0 Å². The van der Waals surface area contributed by atoms with Gasteiger partial charge in [-0.05, 0) is 40.5 Å². The highest BCUT2D eigenvalue weighted by molar-refractivity contribution is 9.10. The summed E-state index contributed by atoms with van der Waals surface area (Å²) in [4.78, 5) is 28.6. The number of amides is 1. The van der Waals surface area contributed by atoms with Crippen LogP contribution < -0.4 is 5.32 Å². The summed E-state index contributed by atoms with van der Waals surface area (Å²) in [6.07, 6.45) is 1.72. The molecular formula is C17H20BrN3O3. The maximum atomic E-state index is 11.4. The molecule has 0 aliphatic rings. The lowest BCUT2D eigenvalue weighted by atomic mass is 10.1. The van der Waals surface area contributed by atoms with Crippen LogP contribution in [0.15, 0.2) is 34.9 Å². The second-order valence-electron chi connectivity index (χ2n) is 5.57. The second-order valence-corrected chi connectivity index (χ2v) is 6.43. The molecule has 1 aromatic carbocycles. The number of pyridine rings is 1.